The summed E-state index contributed by atoms with van der Waals surface area (Å²) < 4.78 is 11.2. The smallest absolute Gasteiger partial charge is 0.280 e. The van der Waals surface area contributed by atoms with Crippen molar-refractivity contribution in [3.05, 3.63) is 82.1 Å². The average Bonchev–Trinajstić information content (AvgIpc) is 3.38. The highest BCUT2D eigenvalue weighted by Crippen LogP contribution is 2.31. The number of nitrogens with one attached hydrogen (secondary N) is 2. The second-order valence-corrected chi connectivity index (χ2v) is 8.22. The number of anilines is 4. The molecule has 0 amide bonds. The van der Waals surface area contributed by atoms with E-state index in [1.807, 2.05) is 35.2 Å². The minimum absolute atomic E-state index is 0.0183. The van der Waals surface area contributed by atoms with Crippen LogP contribution >= 0.6 is 0 Å². The summed E-state index contributed by atoms with van der Waals surface area (Å²) in [6.07, 6.45) is 1.45. The van der Waals surface area contributed by atoms with E-state index in [9.17, 15) is 10.1 Å². The molecule has 5 rings (SSSR count). The first-order valence-electron chi connectivity index (χ1n) is 11.6. The highest BCUT2D eigenvalue weighted by molar-refractivity contribution is 5.79. The molecule has 0 saturated carbocycles. The quantitative estimate of drug-likeness (QED) is 0.203. The number of benzene rings is 2. The number of hydrogen-bond acceptors (Lipinski definition) is 11. The van der Waals surface area contributed by atoms with Crippen LogP contribution in [-0.2, 0) is 4.74 Å². The van der Waals surface area contributed by atoms with E-state index in [4.69, 9.17) is 9.15 Å². The summed E-state index contributed by atoms with van der Waals surface area (Å²) in [7, 11) is 0. The Morgan fingerprint density at radius 1 is 1.03 bits per heavy atom. The van der Waals surface area contributed by atoms with Crippen molar-refractivity contribution in [2.75, 3.05) is 41.9 Å². The van der Waals surface area contributed by atoms with Gasteiger partial charge < -0.3 is 19.4 Å². The van der Waals surface area contributed by atoms with E-state index in [1.54, 1.807) is 31.2 Å². The molecule has 2 N–H and O–H groups in total. The second kappa shape index (κ2) is 10.8. The van der Waals surface area contributed by atoms with Crippen molar-refractivity contribution in [1.29, 1.82) is 0 Å². The van der Waals surface area contributed by atoms with Crippen LogP contribution in [0.1, 0.15) is 11.3 Å². The summed E-state index contributed by atoms with van der Waals surface area (Å²) in [6, 6.07) is 17.9. The molecule has 1 aliphatic rings. The standard InChI is InChI=1S/C25H24N8O4/c1-17-7-9-20(21(15-17)33(34)35)22-10-8-19(37-22)16-26-31-24-28-23(27-18-5-3-2-4-6-18)29-25(30-24)32-11-13-36-14-12-32/h2-10,15-16H,11-14H2,1H3,(H2,27,28,29,30,31)/b26-16-. The number of hydrazone groups is 1. The minimum atomic E-state index is -0.423. The van der Waals surface area contributed by atoms with Gasteiger partial charge in [0.05, 0.1) is 29.9 Å². The van der Waals surface area contributed by atoms with Crippen LogP contribution in [0.15, 0.2) is 70.2 Å². The molecule has 1 aliphatic heterocycles. The van der Waals surface area contributed by atoms with Gasteiger partial charge in [-0.05, 0) is 42.8 Å². The molecule has 37 heavy (non-hydrogen) atoms. The van der Waals surface area contributed by atoms with Gasteiger partial charge in [0.1, 0.15) is 11.5 Å². The predicted octanol–water partition coefficient (Wildman–Crippen LogP) is 4.37. The predicted molar refractivity (Wildman–Crippen MR) is 139 cm³/mol. The summed E-state index contributed by atoms with van der Waals surface area (Å²) >= 11 is 0. The van der Waals surface area contributed by atoms with Crippen LogP contribution in [0.25, 0.3) is 11.3 Å². The van der Waals surface area contributed by atoms with E-state index in [-0.39, 0.29) is 11.6 Å². The van der Waals surface area contributed by atoms with Crippen LogP contribution in [0, 0.1) is 17.0 Å². The van der Waals surface area contributed by atoms with E-state index in [1.165, 1.54) is 12.3 Å². The van der Waals surface area contributed by atoms with Crippen molar-refractivity contribution < 1.29 is 14.1 Å². The SMILES string of the molecule is Cc1ccc(-c2ccc(/C=N\Nc3nc(Nc4ccccc4)nc(N4CCOCC4)n3)o2)c([N+](=O)[O-])c1. The summed E-state index contributed by atoms with van der Waals surface area (Å²) in [5.41, 5.74) is 4.84. The highest BCUT2D eigenvalue weighted by Gasteiger charge is 2.19. The lowest BCUT2D eigenvalue weighted by Gasteiger charge is -2.27. The number of rotatable bonds is 8. The van der Waals surface area contributed by atoms with Crippen LogP contribution < -0.4 is 15.6 Å². The number of para-hydroxylation sites is 1. The molecule has 2 aromatic heterocycles. The Hall–Kier alpha value is -4.84. The first-order chi connectivity index (χ1) is 18.0. The number of nitro groups is 1. The fourth-order valence-corrected chi connectivity index (χ4v) is 3.75. The molecule has 1 fully saturated rings. The largest absolute Gasteiger partial charge is 0.455 e. The molecule has 1 saturated heterocycles. The number of nitrogens with zero attached hydrogens (tertiary/aromatic N) is 6. The Balaban J connectivity index is 1.35. The molecule has 0 atom stereocenters. The molecular weight excluding hydrogens is 476 g/mol. The van der Waals surface area contributed by atoms with E-state index < -0.39 is 4.92 Å². The van der Waals surface area contributed by atoms with Crippen molar-refractivity contribution in [3.63, 3.8) is 0 Å². The fraction of sp³-hybridized carbons (Fsp3) is 0.200. The number of morpholine rings is 1. The van der Waals surface area contributed by atoms with Gasteiger partial charge in [-0.25, -0.2) is 5.43 Å². The maximum Gasteiger partial charge on any atom is 0.280 e. The summed E-state index contributed by atoms with van der Waals surface area (Å²) in [5, 5.41) is 18.8. The van der Waals surface area contributed by atoms with Gasteiger partial charge in [-0.3, -0.25) is 10.1 Å². The maximum absolute atomic E-state index is 11.5. The lowest BCUT2D eigenvalue weighted by Crippen LogP contribution is -2.37. The molecular formula is C25H24N8O4. The molecule has 2 aromatic carbocycles. The molecule has 188 valence electrons. The summed E-state index contributed by atoms with van der Waals surface area (Å²) in [4.78, 5) is 26.5. The third-order valence-electron chi connectivity index (χ3n) is 5.55. The van der Waals surface area contributed by atoms with Gasteiger partial charge in [0.2, 0.25) is 17.8 Å². The lowest BCUT2D eigenvalue weighted by molar-refractivity contribution is -0.384. The number of aromatic nitrogens is 3. The van der Waals surface area contributed by atoms with Crippen molar-refractivity contribution in [2.24, 2.45) is 5.10 Å². The Kier molecular flexibility index (Phi) is 6.99. The van der Waals surface area contributed by atoms with Crippen molar-refractivity contribution in [3.8, 4) is 11.3 Å². The molecule has 0 spiro atoms. The zero-order valence-corrected chi connectivity index (χ0v) is 20.0. The van der Waals surface area contributed by atoms with Crippen LogP contribution in [-0.4, -0.2) is 52.4 Å². The van der Waals surface area contributed by atoms with Gasteiger partial charge in [-0.2, -0.15) is 20.1 Å². The highest BCUT2D eigenvalue weighted by atomic mass is 16.6. The van der Waals surface area contributed by atoms with E-state index in [0.29, 0.717) is 55.3 Å². The molecule has 0 radical (unpaired) electrons. The van der Waals surface area contributed by atoms with Gasteiger partial charge in [0.25, 0.3) is 5.69 Å². The topological polar surface area (TPSA) is 144 Å². The zero-order valence-electron chi connectivity index (χ0n) is 20.0. The average molecular weight is 501 g/mol. The van der Waals surface area contributed by atoms with Gasteiger partial charge >= 0.3 is 0 Å². The monoisotopic (exact) mass is 500 g/mol. The fourth-order valence-electron chi connectivity index (χ4n) is 3.75. The Bertz CT molecular complexity index is 1420. The second-order valence-electron chi connectivity index (χ2n) is 8.22. The number of aryl methyl sites for hydroxylation is 1. The molecule has 4 aromatic rings. The summed E-state index contributed by atoms with van der Waals surface area (Å²) in [5.74, 6) is 1.89. The summed E-state index contributed by atoms with van der Waals surface area (Å²) in [6.45, 7) is 4.31. The maximum atomic E-state index is 11.5. The Morgan fingerprint density at radius 3 is 2.59 bits per heavy atom. The van der Waals surface area contributed by atoms with E-state index >= 15 is 0 Å². The molecule has 12 nitrogen and oxygen atoms in total. The molecule has 12 heteroatoms. The van der Waals surface area contributed by atoms with Crippen molar-refractivity contribution >= 4 is 35.4 Å². The van der Waals surface area contributed by atoms with E-state index in [2.05, 4.69) is 30.8 Å². The lowest BCUT2D eigenvalue weighted by atomic mass is 10.1. The Labute approximate surface area is 212 Å². The van der Waals surface area contributed by atoms with Crippen LogP contribution in [0.5, 0.6) is 0 Å². The zero-order chi connectivity index (χ0) is 25.6. The molecule has 3 heterocycles. The Morgan fingerprint density at radius 2 is 1.81 bits per heavy atom. The van der Waals surface area contributed by atoms with Gasteiger partial charge in [0.15, 0.2) is 0 Å². The molecule has 0 unspecified atom stereocenters. The first-order valence-corrected chi connectivity index (χ1v) is 11.6. The molecule has 0 bridgehead atoms. The van der Waals surface area contributed by atoms with Crippen LogP contribution in [0.2, 0.25) is 0 Å². The number of furan rings is 1. The normalized spacial score (nSPS) is 13.6. The van der Waals surface area contributed by atoms with E-state index in [0.717, 1.165) is 11.3 Å². The van der Waals surface area contributed by atoms with Crippen molar-refractivity contribution in [2.45, 2.75) is 6.92 Å². The third kappa shape index (κ3) is 5.87. The number of nitro benzene ring substituents is 1. The van der Waals surface area contributed by atoms with Gasteiger partial charge in [-0.1, -0.05) is 24.3 Å². The van der Waals surface area contributed by atoms with Crippen LogP contribution in [0.3, 0.4) is 0 Å². The number of ether oxygens (including phenoxy) is 1. The van der Waals surface area contributed by atoms with Crippen LogP contribution in [0.4, 0.5) is 29.2 Å². The van der Waals surface area contributed by atoms with Crippen molar-refractivity contribution in [1.82, 2.24) is 15.0 Å². The first kappa shape index (κ1) is 23.9. The minimum Gasteiger partial charge on any atom is -0.455 e. The molecule has 0 aliphatic carbocycles. The third-order valence-corrected chi connectivity index (χ3v) is 5.55. The van der Waals surface area contributed by atoms with Gasteiger partial charge in [0, 0.05) is 24.8 Å². The van der Waals surface area contributed by atoms with Gasteiger partial charge in [-0.15, -0.1) is 0 Å². The number of hydrogen-bond donors (Lipinski definition) is 2.